The van der Waals surface area contributed by atoms with Crippen molar-refractivity contribution >= 4 is 11.8 Å². The van der Waals surface area contributed by atoms with Gasteiger partial charge < -0.3 is 4.74 Å². The summed E-state index contributed by atoms with van der Waals surface area (Å²) in [5, 5.41) is 0. The molecule has 22 heavy (non-hydrogen) atoms. The molecular formula is C19H32O3. The molecule has 0 spiro atoms. The van der Waals surface area contributed by atoms with Gasteiger partial charge in [-0.25, -0.2) is 0 Å². The average Bonchev–Trinajstić information content (AvgIpc) is 2.52. The fraction of sp³-hybridized carbons (Fsp3) is 0.789. The van der Waals surface area contributed by atoms with Gasteiger partial charge in [0.1, 0.15) is 0 Å². The minimum atomic E-state index is -0.156. The van der Waals surface area contributed by atoms with E-state index < -0.39 is 0 Å². The van der Waals surface area contributed by atoms with Gasteiger partial charge in [0.15, 0.2) is 0 Å². The van der Waals surface area contributed by atoms with Crippen molar-refractivity contribution in [3.8, 4) is 11.8 Å². The fourth-order valence-corrected chi connectivity index (χ4v) is 2.23. The van der Waals surface area contributed by atoms with E-state index in [1.165, 1.54) is 39.2 Å². The number of carbonyl (C=O) groups is 2. The molecule has 0 bridgehead atoms. The molecule has 126 valence electrons. The van der Waals surface area contributed by atoms with Crippen molar-refractivity contribution in [3.05, 3.63) is 0 Å². The Hall–Kier alpha value is -1.30. The first-order chi connectivity index (χ1) is 10.7. The molecule has 0 N–H and O–H groups in total. The van der Waals surface area contributed by atoms with E-state index in [1.807, 2.05) is 0 Å². The van der Waals surface area contributed by atoms with E-state index in [4.69, 9.17) is 0 Å². The van der Waals surface area contributed by atoms with Gasteiger partial charge in [-0.3, -0.25) is 9.59 Å². The predicted octanol–water partition coefficient (Wildman–Crippen LogP) is 4.82. The second kappa shape index (κ2) is 16.1. The monoisotopic (exact) mass is 308 g/mol. The molecule has 3 nitrogen and oxygen atoms in total. The molecule has 0 saturated carbocycles. The van der Waals surface area contributed by atoms with E-state index in [0.29, 0.717) is 12.8 Å². The maximum Gasteiger partial charge on any atom is 0.305 e. The van der Waals surface area contributed by atoms with Crippen LogP contribution in [-0.2, 0) is 14.3 Å². The highest BCUT2D eigenvalue weighted by Crippen LogP contribution is 2.07. The number of unbranched alkanes of at least 4 members (excludes halogenated alkanes) is 9. The van der Waals surface area contributed by atoms with Crippen LogP contribution in [0.3, 0.4) is 0 Å². The van der Waals surface area contributed by atoms with Crippen LogP contribution in [0.4, 0.5) is 0 Å². The maximum absolute atomic E-state index is 11.6. The van der Waals surface area contributed by atoms with Crippen LogP contribution in [0.5, 0.6) is 0 Å². The normalized spacial score (nSPS) is 9.91. The van der Waals surface area contributed by atoms with E-state index in [2.05, 4.69) is 23.5 Å². The molecule has 0 heterocycles. The number of ether oxygens (including phenoxy) is 1. The Kier molecular flexibility index (Phi) is 15.1. The second-order valence-corrected chi connectivity index (χ2v) is 5.73. The van der Waals surface area contributed by atoms with E-state index in [9.17, 15) is 9.59 Å². The molecule has 0 aliphatic carbocycles. The maximum atomic E-state index is 11.6. The number of hydrogen-bond donors (Lipinski definition) is 0. The lowest BCUT2D eigenvalue weighted by Gasteiger charge is -1.99. The zero-order chi connectivity index (χ0) is 16.5. The predicted molar refractivity (Wildman–Crippen MR) is 90.5 cm³/mol. The third-order valence-corrected chi connectivity index (χ3v) is 3.65. The average molecular weight is 308 g/mol. The molecule has 3 heteroatoms. The molecule has 0 fully saturated rings. The number of Topliss-reactive ketones (excluding diaryl/α,β-unsaturated/α-hetero) is 1. The Bertz CT molecular complexity index is 349. The first-order valence-electron chi connectivity index (χ1n) is 8.79. The molecular weight excluding hydrogens is 276 g/mol. The van der Waals surface area contributed by atoms with Crippen LogP contribution in [0.15, 0.2) is 0 Å². The van der Waals surface area contributed by atoms with Crippen molar-refractivity contribution < 1.29 is 14.3 Å². The summed E-state index contributed by atoms with van der Waals surface area (Å²) in [7, 11) is 1.41. The molecule has 0 unspecified atom stereocenters. The Morgan fingerprint density at radius 3 is 2.09 bits per heavy atom. The summed E-state index contributed by atoms with van der Waals surface area (Å²) >= 11 is 0. The highest BCUT2D eigenvalue weighted by atomic mass is 16.5. The molecule has 0 aliphatic heterocycles. The first kappa shape index (κ1) is 20.7. The third kappa shape index (κ3) is 15.1. The number of ketones is 1. The minimum absolute atomic E-state index is 0.0546. The summed E-state index contributed by atoms with van der Waals surface area (Å²) in [6, 6.07) is 0. The van der Waals surface area contributed by atoms with Gasteiger partial charge in [0.25, 0.3) is 0 Å². The van der Waals surface area contributed by atoms with Crippen LogP contribution in [0.25, 0.3) is 0 Å². The highest BCUT2D eigenvalue weighted by Gasteiger charge is 2.00. The Balaban J connectivity index is 3.39. The van der Waals surface area contributed by atoms with Gasteiger partial charge >= 0.3 is 5.97 Å². The van der Waals surface area contributed by atoms with Crippen LogP contribution >= 0.6 is 0 Å². The zero-order valence-electron chi connectivity index (χ0n) is 14.4. The molecule has 0 radical (unpaired) electrons. The Morgan fingerprint density at radius 2 is 1.41 bits per heavy atom. The summed E-state index contributed by atoms with van der Waals surface area (Å²) < 4.78 is 4.58. The van der Waals surface area contributed by atoms with Gasteiger partial charge in [0.05, 0.1) is 7.11 Å². The summed E-state index contributed by atoms with van der Waals surface area (Å²) in [5.41, 5.74) is 0. The molecule has 0 aliphatic rings. The van der Waals surface area contributed by atoms with E-state index >= 15 is 0 Å². The van der Waals surface area contributed by atoms with Gasteiger partial charge in [0, 0.05) is 19.3 Å². The van der Waals surface area contributed by atoms with Crippen LogP contribution in [0.1, 0.15) is 90.4 Å². The van der Waals surface area contributed by atoms with Gasteiger partial charge in [-0.1, -0.05) is 57.8 Å². The summed E-state index contributed by atoms with van der Waals surface area (Å²) in [6.07, 6.45) is 13.0. The molecule has 0 aromatic heterocycles. The van der Waals surface area contributed by atoms with Crippen LogP contribution in [0, 0.1) is 11.8 Å². The molecule has 0 aromatic rings. The van der Waals surface area contributed by atoms with Gasteiger partial charge in [-0.15, -0.1) is 0 Å². The van der Waals surface area contributed by atoms with Crippen molar-refractivity contribution in [2.75, 3.05) is 7.11 Å². The molecule has 0 atom stereocenters. The van der Waals surface area contributed by atoms with Gasteiger partial charge in [-0.2, -0.15) is 0 Å². The van der Waals surface area contributed by atoms with E-state index in [0.717, 1.165) is 38.5 Å². The fourth-order valence-electron chi connectivity index (χ4n) is 2.23. The van der Waals surface area contributed by atoms with E-state index in [-0.39, 0.29) is 11.8 Å². The molecule has 0 saturated heterocycles. The van der Waals surface area contributed by atoms with Gasteiger partial charge in [-0.05, 0) is 25.2 Å². The molecule has 0 amide bonds. The topological polar surface area (TPSA) is 43.4 Å². The zero-order valence-corrected chi connectivity index (χ0v) is 14.4. The number of hydrogen-bond acceptors (Lipinski definition) is 3. The smallest absolute Gasteiger partial charge is 0.305 e. The lowest BCUT2D eigenvalue weighted by molar-refractivity contribution is -0.140. The second-order valence-electron chi connectivity index (χ2n) is 5.73. The van der Waals surface area contributed by atoms with Crippen molar-refractivity contribution in [2.45, 2.75) is 90.4 Å². The first-order valence-corrected chi connectivity index (χ1v) is 8.79. The van der Waals surface area contributed by atoms with Crippen molar-refractivity contribution in [1.82, 2.24) is 0 Å². The number of rotatable bonds is 13. The van der Waals surface area contributed by atoms with Crippen LogP contribution in [0.2, 0.25) is 0 Å². The lowest BCUT2D eigenvalue weighted by Crippen LogP contribution is -1.99. The summed E-state index contributed by atoms with van der Waals surface area (Å²) in [5.74, 6) is 5.63. The Morgan fingerprint density at radius 1 is 0.818 bits per heavy atom. The number of methoxy groups -OCH3 is 1. The largest absolute Gasteiger partial charge is 0.469 e. The SMILES string of the molecule is CCCCCCCCC#CC(=O)CCCCCCC(=O)OC. The third-order valence-electron chi connectivity index (χ3n) is 3.65. The minimum Gasteiger partial charge on any atom is -0.469 e. The lowest BCUT2D eigenvalue weighted by atomic mass is 10.1. The van der Waals surface area contributed by atoms with Gasteiger partial charge in [0.2, 0.25) is 5.78 Å². The quantitative estimate of drug-likeness (QED) is 0.212. The summed E-state index contributed by atoms with van der Waals surface area (Å²) in [4.78, 5) is 22.5. The molecule has 0 aromatic carbocycles. The van der Waals surface area contributed by atoms with Crippen molar-refractivity contribution in [2.24, 2.45) is 0 Å². The molecule has 0 rings (SSSR count). The van der Waals surface area contributed by atoms with E-state index in [1.54, 1.807) is 0 Å². The van der Waals surface area contributed by atoms with Crippen molar-refractivity contribution in [1.29, 1.82) is 0 Å². The standard InChI is InChI=1S/C19H32O3/c1-3-4-5-6-7-8-9-12-15-18(20)16-13-10-11-14-17-19(21)22-2/h3-11,13-14,16-17H2,1-2H3. The Labute approximate surface area is 136 Å². The van der Waals surface area contributed by atoms with Crippen LogP contribution < -0.4 is 0 Å². The number of esters is 1. The highest BCUT2D eigenvalue weighted by molar-refractivity contribution is 5.95. The van der Waals surface area contributed by atoms with Crippen molar-refractivity contribution in [3.63, 3.8) is 0 Å². The summed E-state index contributed by atoms with van der Waals surface area (Å²) in [6.45, 7) is 2.22. The number of carbonyl (C=O) groups excluding carboxylic acids is 2. The van der Waals surface area contributed by atoms with Crippen LogP contribution in [-0.4, -0.2) is 18.9 Å².